The van der Waals surface area contributed by atoms with Crippen LogP contribution in [0.5, 0.6) is 0 Å². The van der Waals surface area contributed by atoms with Crippen LogP contribution < -0.4 is 5.73 Å². The molecular weight excluding hydrogens is 366 g/mol. The number of anilines is 1. The number of aliphatic hydroxyl groups is 1. The van der Waals surface area contributed by atoms with Gasteiger partial charge in [0.1, 0.15) is 11.4 Å². The highest BCUT2D eigenvalue weighted by Gasteiger charge is 2.21. The second-order valence-corrected chi connectivity index (χ2v) is 7.76. The highest BCUT2D eigenvalue weighted by Crippen LogP contribution is 2.27. The van der Waals surface area contributed by atoms with E-state index in [0.717, 1.165) is 27.9 Å². The number of aryl methyl sites for hydroxylation is 1. The first-order valence-corrected chi connectivity index (χ1v) is 9.38. The van der Waals surface area contributed by atoms with E-state index in [1.165, 1.54) is 0 Å². The molecule has 0 saturated heterocycles. The van der Waals surface area contributed by atoms with Gasteiger partial charge in [-0.05, 0) is 24.6 Å². The molecule has 0 unspecified atom stereocenters. The smallest absolute Gasteiger partial charge is 0.221 e. The summed E-state index contributed by atoms with van der Waals surface area (Å²) in [5, 5.41) is 19.0. The number of aliphatic hydroxyl groups excluding tert-OH is 1. The lowest BCUT2D eigenvalue weighted by Crippen LogP contribution is -2.24. The van der Waals surface area contributed by atoms with Gasteiger partial charge in [-0.2, -0.15) is 0 Å². The minimum absolute atomic E-state index is 0.0263. The number of para-hydroxylation sites is 1. The summed E-state index contributed by atoms with van der Waals surface area (Å²) < 4.78 is 1.72. The molecule has 8 nitrogen and oxygen atoms in total. The normalized spacial score (nSPS) is 11.9. The quantitative estimate of drug-likeness (QED) is 0.539. The van der Waals surface area contributed by atoms with Crippen LogP contribution in [0.25, 0.3) is 22.3 Å². The van der Waals surface area contributed by atoms with Crippen LogP contribution >= 0.6 is 0 Å². The topological polar surface area (TPSA) is 116 Å². The first-order chi connectivity index (χ1) is 13.9. The van der Waals surface area contributed by atoms with E-state index in [1.807, 2.05) is 63.4 Å². The van der Waals surface area contributed by atoms with Crippen LogP contribution in [-0.4, -0.2) is 41.7 Å². The maximum absolute atomic E-state index is 9.60. The van der Waals surface area contributed by atoms with E-state index in [4.69, 9.17) is 5.73 Å². The zero-order valence-electron chi connectivity index (χ0n) is 16.7. The largest absolute Gasteiger partial charge is 0.395 e. The molecule has 3 aromatic heterocycles. The van der Waals surface area contributed by atoms with Crippen molar-refractivity contribution < 1.29 is 5.11 Å². The van der Waals surface area contributed by atoms with E-state index >= 15 is 0 Å². The monoisotopic (exact) mass is 389 g/mol. The lowest BCUT2D eigenvalue weighted by Gasteiger charge is -2.21. The Morgan fingerprint density at radius 2 is 1.86 bits per heavy atom. The predicted molar refractivity (Wildman–Crippen MR) is 111 cm³/mol. The van der Waals surface area contributed by atoms with Gasteiger partial charge in [0.15, 0.2) is 0 Å². The van der Waals surface area contributed by atoms with Gasteiger partial charge in [0.25, 0.3) is 0 Å². The summed E-state index contributed by atoms with van der Waals surface area (Å²) in [6.07, 6.45) is 1.83. The number of aromatic nitrogens is 6. The van der Waals surface area contributed by atoms with Gasteiger partial charge in [0, 0.05) is 16.5 Å². The first-order valence-electron chi connectivity index (χ1n) is 9.38. The Hall–Kier alpha value is -3.39. The summed E-state index contributed by atoms with van der Waals surface area (Å²) >= 11 is 0. The molecule has 29 heavy (non-hydrogen) atoms. The van der Waals surface area contributed by atoms with Gasteiger partial charge in [-0.15, -0.1) is 5.10 Å². The van der Waals surface area contributed by atoms with Crippen LogP contribution in [0.4, 0.5) is 5.95 Å². The molecule has 0 fully saturated rings. The number of fused-ring (bicyclic) bond motifs is 1. The lowest BCUT2D eigenvalue weighted by molar-refractivity contribution is 0.215. The Morgan fingerprint density at radius 3 is 2.66 bits per heavy atom. The molecule has 3 N–H and O–H groups in total. The third kappa shape index (κ3) is 3.66. The van der Waals surface area contributed by atoms with Gasteiger partial charge in [0.2, 0.25) is 5.95 Å². The fourth-order valence-electron chi connectivity index (χ4n) is 3.18. The van der Waals surface area contributed by atoms with Crippen LogP contribution in [0.2, 0.25) is 0 Å². The highest BCUT2D eigenvalue weighted by atomic mass is 16.3. The maximum atomic E-state index is 9.60. The summed E-state index contributed by atoms with van der Waals surface area (Å²) in [4.78, 5) is 13.4. The summed E-state index contributed by atoms with van der Waals surface area (Å²) in [7, 11) is 0. The highest BCUT2D eigenvalue weighted by molar-refractivity contribution is 5.93. The van der Waals surface area contributed by atoms with Crippen LogP contribution in [0, 0.1) is 6.92 Å². The molecule has 0 aliphatic rings. The van der Waals surface area contributed by atoms with Gasteiger partial charge >= 0.3 is 0 Å². The summed E-state index contributed by atoms with van der Waals surface area (Å²) in [5.74, 6) is 0.206. The molecule has 0 bridgehead atoms. The minimum atomic E-state index is -0.404. The number of hydrogen-bond donors (Lipinski definition) is 2. The number of nitrogen functional groups attached to an aromatic ring is 1. The van der Waals surface area contributed by atoms with Crippen molar-refractivity contribution >= 4 is 16.9 Å². The molecule has 3 heterocycles. The number of nitrogens with two attached hydrogens (primary N) is 1. The van der Waals surface area contributed by atoms with Crippen molar-refractivity contribution in [3.63, 3.8) is 0 Å². The Kier molecular flexibility index (Phi) is 4.71. The number of hydrogen-bond acceptors (Lipinski definition) is 7. The zero-order valence-corrected chi connectivity index (χ0v) is 16.7. The predicted octanol–water partition coefficient (Wildman–Crippen LogP) is 2.49. The second-order valence-electron chi connectivity index (χ2n) is 7.76. The van der Waals surface area contributed by atoms with Gasteiger partial charge in [-0.3, -0.25) is 4.98 Å². The van der Waals surface area contributed by atoms with Crippen molar-refractivity contribution in [1.82, 2.24) is 29.9 Å². The number of nitrogens with zero attached hydrogens (tertiary/aromatic N) is 6. The maximum Gasteiger partial charge on any atom is 0.221 e. The Morgan fingerprint density at radius 1 is 1.07 bits per heavy atom. The molecule has 1 aromatic carbocycles. The van der Waals surface area contributed by atoms with Crippen LogP contribution in [0.15, 0.2) is 42.6 Å². The van der Waals surface area contributed by atoms with E-state index < -0.39 is 5.41 Å². The molecule has 4 rings (SSSR count). The van der Waals surface area contributed by atoms with E-state index in [2.05, 4.69) is 25.3 Å². The van der Waals surface area contributed by atoms with Crippen LogP contribution in [0.3, 0.4) is 0 Å². The Labute approximate surface area is 168 Å². The standard InChI is InChI=1S/C21H23N7O/c1-13-6-4-8-15-18(13)24-20(22)25-19(15)16-11-28(27-26-16)10-14-7-5-9-17(23-14)21(2,3)12-29/h4-9,11,29H,10,12H2,1-3H3,(H2,22,24,25). The molecule has 0 atom stereocenters. The average molecular weight is 389 g/mol. The van der Waals surface area contributed by atoms with Crippen LogP contribution in [0.1, 0.15) is 30.8 Å². The fourth-order valence-corrected chi connectivity index (χ4v) is 3.18. The van der Waals surface area contributed by atoms with E-state index in [-0.39, 0.29) is 12.6 Å². The Bertz CT molecular complexity index is 1180. The molecule has 0 saturated carbocycles. The summed E-state index contributed by atoms with van der Waals surface area (Å²) in [6, 6.07) is 11.7. The molecular formula is C21H23N7O. The van der Waals surface area contributed by atoms with Gasteiger partial charge in [0.05, 0.1) is 30.6 Å². The zero-order chi connectivity index (χ0) is 20.6. The molecule has 0 aliphatic heterocycles. The molecule has 0 amide bonds. The average Bonchev–Trinajstić information content (AvgIpc) is 3.16. The van der Waals surface area contributed by atoms with Crippen LogP contribution in [-0.2, 0) is 12.0 Å². The van der Waals surface area contributed by atoms with E-state index in [0.29, 0.717) is 17.9 Å². The van der Waals surface area contributed by atoms with Gasteiger partial charge < -0.3 is 10.8 Å². The third-order valence-electron chi connectivity index (χ3n) is 4.95. The second kappa shape index (κ2) is 7.21. The van der Waals surface area contributed by atoms with Gasteiger partial charge in [-0.1, -0.05) is 43.3 Å². The first kappa shape index (κ1) is 18.9. The summed E-state index contributed by atoms with van der Waals surface area (Å²) in [5.41, 5.74) is 10.3. The SMILES string of the molecule is Cc1cccc2c(-c3cn(Cc4cccc(C(C)(C)CO)n4)nn3)nc(N)nc12. The van der Waals surface area contributed by atoms with Crippen molar-refractivity contribution in [1.29, 1.82) is 0 Å². The molecule has 0 aliphatic carbocycles. The van der Waals surface area contributed by atoms with Crippen molar-refractivity contribution in [3.05, 3.63) is 59.5 Å². The van der Waals surface area contributed by atoms with Crippen molar-refractivity contribution in [2.75, 3.05) is 12.3 Å². The minimum Gasteiger partial charge on any atom is -0.395 e. The van der Waals surface area contributed by atoms with E-state index in [9.17, 15) is 5.11 Å². The van der Waals surface area contributed by atoms with Crippen molar-refractivity contribution in [2.24, 2.45) is 0 Å². The number of rotatable bonds is 5. The van der Waals surface area contributed by atoms with E-state index in [1.54, 1.807) is 4.68 Å². The van der Waals surface area contributed by atoms with Crippen molar-refractivity contribution in [2.45, 2.75) is 32.7 Å². The van der Waals surface area contributed by atoms with Crippen molar-refractivity contribution in [3.8, 4) is 11.4 Å². The lowest BCUT2D eigenvalue weighted by atomic mass is 9.90. The molecule has 8 heteroatoms. The molecule has 0 spiro atoms. The summed E-state index contributed by atoms with van der Waals surface area (Å²) in [6.45, 7) is 6.39. The molecule has 0 radical (unpaired) electrons. The molecule has 148 valence electrons. The number of pyridine rings is 1. The molecule has 4 aromatic rings. The fraction of sp³-hybridized carbons (Fsp3) is 0.286. The van der Waals surface area contributed by atoms with Gasteiger partial charge in [-0.25, -0.2) is 14.6 Å². The third-order valence-corrected chi connectivity index (χ3v) is 4.95. The Balaban J connectivity index is 1.68. The number of benzene rings is 1.